The van der Waals surface area contributed by atoms with Gasteiger partial charge in [-0.3, -0.25) is 4.79 Å². The second kappa shape index (κ2) is 8.44. The van der Waals surface area contributed by atoms with Gasteiger partial charge in [-0.1, -0.05) is 6.92 Å². The molecule has 0 spiro atoms. The van der Waals surface area contributed by atoms with Gasteiger partial charge in [0.05, 0.1) is 18.8 Å². The smallest absolute Gasteiger partial charge is 0.236 e. The van der Waals surface area contributed by atoms with Crippen LogP contribution in [0.3, 0.4) is 0 Å². The average molecular weight is 244 g/mol. The van der Waals surface area contributed by atoms with Gasteiger partial charge in [0.25, 0.3) is 0 Å². The number of ether oxygens (including phenoxy) is 2. The first kappa shape index (κ1) is 14.4. The molecule has 100 valence electrons. The molecule has 0 radical (unpaired) electrons. The van der Waals surface area contributed by atoms with E-state index in [9.17, 15) is 4.79 Å². The Morgan fingerprint density at radius 1 is 1.65 bits per heavy atom. The number of carbonyl (C=O) groups is 1. The van der Waals surface area contributed by atoms with Crippen LogP contribution in [0.5, 0.6) is 0 Å². The van der Waals surface area contributed by atoms with Crippen LogP contribution in [-0.4, -0.2) is 44.4 Å². The number of nitrogens with one attached hydrogen (secondary N) is 1. The molecule has 1 aliphatic heterocycles. The van der Waals surface area contributed by atoms with Crippen LogP contribution in [0.25, 0.3) is 0 Å². The van der Waals surface area contributed by atoms with E-state index in [2.05, 4.69) is 5.32 Å². The molecule has 0 aromatic carbocycles. The van der Waals surface area contributed by atoms with Gasteiger partial charge in [0.15, 0.2) is 0 Å². The van der Waals surface area contributed by atoms with Crippen LogP contribution in [0.4, 0.5) is 0 Å². The first-order valence-corrected chi connectivity index (χ1v) is 6.46. The molecule has 1 amide bonds. The van der Waals surface area contributed by atoms with Crippen molar-refractivity contribution in [1.82, 2.24) is 5.32 Å². The number of nitrogens with two attached hydrogens (primary N) is 1. The van der Waals surface area contributed by atoms with Crippen LogP contribution in [0.15, 0.2) is 0 Å². The van der Waals surface area contributed by atoms with Gasteiger partial charge < -0.3 is 20.5 Å². The largest absolute Gasteiger partial charge is 0.379 e. The Bertz CT molecular complexity index is 218. The lowest BCUT2D eigenvalue weighted by Crippen LogP contribution is -2.40. The van der Waals surface area contributed by atoms with Gasteiger partial charge in [-0.05, 0) is 25.7 Å². The molecule has 1 aliphatic rings. The fourth-order valence-corrected chi connectivity index (χ4v) is 1.69. The molecule has 5 heteroatoms. The highest BCUT2D eigenvalue weighted by Crippen LogP contribution is 2.11. The zero-order valence-electron chi connectivity index (χ0n) is 10.6. The molecule has 1 fully saturated rings. The maximum Gasteiger partial charge on any atom is 0.236 e. The Morgan fingerprint density at radius 3 is 3.12 bits per heavy atom. The lowest BCUT2D eigenvalue weighted by molar-refractivity contribution is -0.122. The molecule has 2 atom stereocenters. The van der Waals surface area contributed by atoms with E-state index in [1.165, 1.54) is 0 Å². The number of rotatable bonds is 8. The molecule has 1 unspecified atom stereocenters. The molecular weight excluding hydrogens is 220 g/mol. The second-order valence-electron chi connectivity index (χ2n) is 4.37. The van der Waals surface area contributed by atoms with Crippen molar-refractivity contribution >= 4 is 5.91 Å². The van der Waals surface area contributed by atoms with Crippen molar-refractivity contribution in [2.24, 2.45) is 5.73 Å². The second-order valence-corrected chi connectivity index (χ2v) is 4.37. The minimum absolute atomic E-state index is 0.0772. The number of amides is 1. The molecule has 17 heavy (non-hydrogen) atoms. The maximum atomic E-state index is 11.3. The van der Waals surface area contributed by atoms with Crippen LogP contribution < -0.4 is 11.1 Å². The van der Waals surface area contributed by atoms with Crippen molar-refractivity contribution < 1.29 is 14.3 Å². The van der Waals surface area contributed by atoms with Gasteiger partial charge in [0, 0.05) is 19.8 Å². The monoisotopic (exact) mass is 244 g/mol. The van der Waals surface area contributed by atoms with Crippen molar-refractivity contribution in [3.05, 3.63) is 0 Å². The minimum Gasteiger partial charge on any atom is -0.379 e. The zero-order valence-corrected chi connectivity index (χ0v) is 10.6. The van der Waals surface area contributed by atoms with E-state index in [4.69, 9.17) is 15.2 Å². The molecule has 5 nitrogen and oxygen atoms in total. The molecule has 1 rings (SSSR count). The summed E-state index contributed by atoms with van der Waals surface area (Å²) in [4.78, 5) is 11.3. The van der Waals surface area contributed by atoms with E-state index < -0.39 is 0 Å². The standard InChI is InChI=1S/C12H24N2O3/c1-2-11(13)12(15)14-6-4-7-16-9-10-5-3-8-17-10/h10-11H,2-9,13H2,1H3,(H,14,15)/t10?,11-/m0/s1. The summed E-state index contributed by atoms with van der Waals surface area (Å²) in [6.45, 7) is 4.70. The van der Waals surface area contributed by atoms with E-state index in [0.29, 0.717) is 26.2 Å². The highest BCUT2D eigenvalue weighted by atomic mass is 16.5. The first-order valence-electron chi connectivity index (χ1n) is 6.46. The van der Waals surface area contributed by atoms with E-state index in [-0.39, 0.29) is 18.1 Å². The number of hydrogen-bond acceptors (Lipinski definition) is 4. The third-order valence-electron chi connectivity index (χ3n) is 2.87. The van der Waals surface area contributed by atoms with E-state index >= 15 is 0 Å². The third kappa shape index (κ3) is 6.00. The summed E-state index contributed by atoms with van der Waals surface area (Å²) in [7, 11) is 0. The van der Waals surface area contributed by atoms with Gasteiger partial charge in [0.2, 0.25) is 5.91 Å². The molecule has 0 aromatic rings. The molecule has 0 saturated carbocycles. The highest BCUT2D eigenvalue weighted by Gasteiger charge is 2.15. The normalized spacial score (nSPS) is 21.4. The predicted molar refractivity (Wildman–Crippen MR) is 65.7 cm³/mol. The summed E-state index contributed by atoms with van der Waals surface area (Å²) in [5.41, 5.74) is 5.58. The highest BCUT2D eigenvalue weighted by molar-refractivity contribution is 5.81. The molecular formula is C12H24N2O3. The van der Waals surface area contributed by atoms with E-state index in [1.54, 1.807) is 0 Å². The van der Waals surface area contributed by atoms with E-state index in [1.807, 2.05) is 6.92 Å². The third-order valence-corrected chi connectivity index (χ3v) is 2.87. The van der Waals surface area contributed by atoms with Crippen molar-refractivity contribution in [1.29, 1.82) is 0 Å². The van der Waals surface area contributed by atoms with Gasteiger partial charge in [0.1, 0.15) is 0 Å². The lowest BCUT2D eigenvalue weighted by atomic mass is 10.2. The number of carbonyl (C=O) groups excluding carboxylic acids is 1. The SMILES string of the molecule is CC[C@H](N)C(=O)NCCCOCC1CCCO1. The number of hydrogen-bond donors (Lipinski definition) is 2. The van der Waals surface area contributed by atoms with Crippen molar-refractivity contribution in [3.63, 3.8) is 0 Å². The fourth-order valence-electron chi connectivity index (χ4n) is 1.69. The summed E-state index contributed by atoms with van der Waals surface area (Å²) in [6.07, 6.45) is 4.00. The average Bonchev–Trinajstić information content (AvgIpc) is 2.85. The Labute approximate surface area is 103 Å². The van der Waals surface area contributed by atoms with Crippen LogP contribution >= 0.6 is 0 Å². The zero-order chi connectivity index (χ0) is 12.5. The summed E-state index contributed by atoms with van der Waals surface area (Å²) < 4.78 is 10.9. The van der Waals surface area contributed by atoms with Gasteiger partial charge in [-0.15, -0.1) is 0 Å². The maximum absolute atomic E-state index is 11.3. The van der Waals surface area contributed by atoms with Gasteiger partial charge in [-0.25, -0.2) is 0 Å². The summed E-state index contributed by atoms with van der Waals surface area (Å²) in [5.74, 6) is -0.0772. The van der Waals surface area contributed by atoms with Crippen molar-refractivity contribution in [2.75, 3.05) is 26.4 Å². The molecule has 0 bridgehead atoms. The Hall–Kier alpha value is -0.650. The summed E-state index contributed by atoms with van der Waals surface area (Å²) in [6, 6.07) is -0.386. The Morgan fingerprint density at radius 2 is 2.47 bits per heavy atom. The molecule has 1 saturated heterocycles. The topological polar surface area (TPSA) is 73.6 Å². The predicted octanol–water partition coefficient (Wildman–Crippen LogP) is 0.426. The minimum atomic E-state index is -0.386. The molecule has 3 N–H and O–H groups in total. The van der Waals surface area contributed by atoms with Crippen molar-refractivity contribution in [3.8, 4) is 0 Å². The lowest BCUT2D eigenvalue weighted by Gasteiger charge is -2.11. The van der Waals surface area contributed by atoms with Gasteiger partial charge >= 0.3 is 0 Å². The van der Waals surface area contributed by atoms with Crippen LogP contribution in [0.1, 0.15) is 32.6 Å². The van der Waals surface area contributed by atoms with E-state index in [0.717, 1.165) is 25.9 Å². The Balaban J connectivity index is 1.88. The van der Waals surface area contributed by atoms with Crippen LogP contribution in [-0.2, 0) is 14.3 Å². The first-order chi connectivity index (χ1) is 8.24. The molecule has 0 aliphatic carbocycles. The summed E-state index contributed by atoms with van der Waals surface area (Å²) in [5, 5.41) is 2.79. The Kier molecular flexibility index (Phi) is 7.16. The van der Waals surface area contributed by atoms with Crippen LogP contribution in [0, 0.1) is 0 Å². The van der Waals surface area contributed by atoms with Crippen LogP contribution in [0.2, 0.25) is 0 Å². The fraction of sp³-hybridized carbons (Fsp3) is 0.917. The quantitative estimate of drug-likeness (QED) is 0.607. The summed E-state index contributed by atoms with van der Waals surface area (Å²) >= 11 is 0. The van der Waals surface area contributed by atoms with Gasteiger partial charge in [-0.2, -0.15) is 0 Å². The molecule has 1 heterocycles. The van der Waals surface area contributed by atoms with Crippen molar-refractivity contribution in [2.45, 2.75) is 44.8 Å². The molecule has 0 aromatic heterocycles.